The summed E-state index contributed by atoms with van der Waals surface area (Å²) >= 11 is 0. The van der Waals surface area contributed by atoms with Gasteiger partial charge in [-0.3, -0.25) is 4.79 Å². The molecule has 122 valence electrons. The second-order valence-corrected chi connectivity index (χ2v) is 6.49. The molecule has 1 unspecified atom stereocenters. The Kier molecular flexibility index (Phi) is 5.08. The van der Waals surface area contributed by atoms with Gasteiger partial charge in [-0.1, -0.05) is 30.8 Å². The second kappa shape index (κ2) is 7.22. The number of likely N-dealkylation sites (tertiary alicyclic amines) is 1. The van der Waals surface area contributed by atoms with E-state index in [1.54, 1.807) is 7.11 Å². The van der Waals surface area contributed by atoms with Gasteiger partial charge in [0, 0.05) is 32.5 Å². The van der Waals surface area contributed by atoms with Crippen LogP contribution in [0.1, 0.15) is 62.6 Å². The first-order valence-electron chi connectivity index (χ1n) is 8.35. The van der Waals surface area contributed by atoms with E-state index in [1.807, 2.05) is 4.90 Å². The quantitative estimate of drug-likeness (QED) is 0.807. The fourth-order valence-electron chi connectivity index (χ4n) is 3.60. The van der Waals surface area contributed by atoms with Crippen molar-refractivity contribution in [2.24, 2.45) is 5.92 Å². The largest absolute Gasteiger partial charge is 0.375 e. The van der Waals surface area contributed by atoms with Crippen molar-refractivity contribution < 1.29 is 14.1 Å². The highest BCUT2D eigenvalue weighted by atomic mass is 16.5. The fourth-order valence-corrected chi connectivity index (χ4v) is 3.60. The predicted octanol–water partition coefficient (Wildman–Crippen LogP) is 2.50. The van der Waals surface area contributed by atoms with E-state index in [1.165, 1.54) is 25.7 Å². The maximum Gasteiger partial charge on any atom is 0.252 e. The number of carbonyl (C=O) groups excluding carboxylic acids is 1. The molecule has 0 N–H and O–H groups in total. The molecule has 2 fully saturated rings. The third-order valence-corrected chi connectivity index (χ3v) is 4.90. The summed E-state index contributed by atoms with van der Waals surface area (Å²) in [5.74, 6) is 2.47. The van der Waals surface area contributed by atoms with Crippen LogP contribution >= 0.6 is 0 Å². The van der Waals surface area contributed by atoms with Crippen LogP contribution in [0.4, 0.5) is 0 Å². The van der Waals surface area contributed by atoms with Gasteiger partial charge in [0.1, 0.15) is 6.61 Å². The molecule has 6 heteroatoms. The molecule has 1 amide bonds. The van der Waals surface area contributed by atoms with Crippen molar-refractivity contribution in [3.8, 4) is 0 Å². The van der Waals surface area contributed by atoms with Gasteiger partial charge in [-0.2, -0.15) is 4.98 Å². The maximum absolute atomic E-state index is 12.3. The van der Waals surface area contributed by atoms with Crippen LogP contribution < -0.4 is 0 Å². The van der Waals surface area contributed by atoms with Gasteiger partial charge in [0.05, 0.1) is 0 Å². The summed E-state index contributed by atoms with van der Waals surface area (Å²) in [4.78, 5) is 18.6. The van der Waals surface area contributed by atoms with E-state index >= 15 is 0 Å². The lowest BCUT2D eigenvalue weighted by Crippen LogP contribution is -2.28. The molecule has 0 radical (unpaired) electrons. The molecule has 0 bridgehead atoms. The van der Waals surface area contributed by atoms with Crippen LogP contribution in [0.2, 0.25) is 0 Å². The number of hydrogen-bond donors (Lipinski definition) is 0. The molecule has 0 spiro atoms. The third kappa shape index (κ3) is 3.66. The molecule has 3 rings (SSSR count). The average Bonchev–Trinajstić information content (AvgIpc) is 3.25. The number of rotatable bonds is 6. The molecule has 2 aliphatic rings. The number of nitrogens with zero attached hydrogens (tertiary/aromatic N) is 3. The molecule has 1 saturated heterocycles. The Bertz CT molecular complexity index is 497. The van der Waals surface area contributed by atoms with E-state index in [4.69, 9.17) is 9.26 Å². The summed E-state index contributed by atoms with van der Waals surface area (Å²) in [7, 11) is 1.60. The molecule has 1 atom stereocenters. The SMILES string of the molecule is COCc1nc(C2CCN(C(=O)CCC3CCCC3)C2)no1. The van der Waals surface area contributed by atoms with E-state index in [0.717, 1.165) is 31.8 Å². The summed E-state index contributed by atoms with van der Waals surface area (Å²) in [5.41, 5.74) is 0. The Labute approximate surface area is 131 Å². The Hall–Kier alpha value is -1.43. The summed E-state index contributed by atoms with van der Waals surface area (Å²) < 4.78 is 10.1. The van der Waals surface area contributed by atoms with E-state index in [-0.39, 0.29) is 11.8 Å². The standard InChI is InChI=1S/C16H25N3O3/c1-21-11-14-17-16(18-22-14)13-8-9-19(10-13)15(20)7-6-12-4-2-3-5-12/h12-13H,2-11H2,1H3. The van der Waals surface area contributed by atoms with Crippen LogP contribution in [-0.4, -0.2) is 41.1 Å². The summed E-state index contributed by atoms with van der Waals surface area (Å²) in [6.07, 6.45) is 7.96. The number of methoxy groups -OCH3 is 1. The van der Waals surface area contributed by atoms with Crippen molar-refractivity contribution in [3.05, 3.63) is 11.7 Å². The normalized spacial score (nSPS) is 22.6. The van der Waals surface area contributed by atoms with Crippen LogP contribution in [0.3, 0.4) is 0 Å². The topological polar surface area (TPSA) is 68.5 Å². The Morgan fingerprint density at radius 1 is 1.36 bits per heavy atom. The van der Waals surface area contributed by atoms with Gasteiger partial charge in [-0.25, -0.2) is 0 Å². The predicted molar refractivity (Wildman–Crippen MR) is 80.1 cm³/mol. The van der Waals surface area contributed by atoms with Crippen molar-refractivity contribution in [3.63, 3.8) is 0 Å². The van der Waals surface area contributed by atoms with E-state index in [0.29, 0.717) is 24.7 Å². The highest BCUT2D eigenvalue weighted by molar-refractivity contribution is 5.76. The average molecular weight is 307 g/mol. The lowest BCUT2D eigenvalue weighted by Gasteiger charge is -2.17. The highest BCUT2D eigenvalue weighted by Gasteiger charge is 2.30. The van der Waals surface area contributed by atoms with Gasteiger partial charge in [0.25, 0.3) is 5.89 Å². The van der Waals surface area contributed by atoms with E-state index < -0.39 is 0 Å². The van der Waals surface area contributed by atoms with Gasteiger partial charge >= 0.3 is 0 Å². The van der Waals surface area contributed by atoms with Gasteiger partial charge in [0.15, 0.2) is 5.82 Å². The second-order valence-electron chi connectivity index (χ2n) is 6.49. The Balaban J connectivity index is 1.47. The minimum absolute atomic E-state index is 0.199. The zero-order valence-electron chi connectivity index (χ0n) is 13.3. The van der Waals surface area contributed by atoms with Crippen molar-refractivity contribution in [2.75, 3.05) is 20.2 Å². The molecule has 6 nitrogen and oxygen atoms in total. The molecule has 1 aliphatic carbocycles. The van der Waals surface area contributed by atoms with Crippen LogP contribution in [-0.2, 0) is 16.1 Å². The third-order valence-electron chi connectivity index (χ3n) is 4.90. The first-order valence-corrected chi connectivity index (χ1v) is 8.35. The minimum Gasteiger partial charge on any atom is -0.375 e. The Morgan fingerprint density at radius 2 is 2.18 bits per heavy atom. The molecule has 1 aliphatic heterocycles. The van der Waals surface area contributed by atoms with Crippen molar-refractivity contribution in [1.29, 1.82) is 0 Å². The molecular weight excluding hydrogens is 282 g/mol. The number of aromatic nitrogens is 2. The first kappa shape index (κ1) is 15.5. The van der Waals surface area contributed by atoms with Crippen LogP contribution in [0.5, 0.6) is 0 Å². The number of hydrogen-bond acceptors (Lipinski definition) is 5. The lowest BCUT2D eigenvalue weighted by molar-refractivity contribution is -0.130. The van der Waals surface area contributed by atoms with E-state index in [9.17, 15) is 4.79 Å². The van der Waals surface area contributed by atoms with Crippen LogP contribution in [0, 0.1) is 5.92 Å². The fraction of sp³-hybridized carbons (Fsp3) is 0.812. The van der Waals surface area contributed by atoms with Gasteiger partial charge in [-0.15, -0.1) is 0 Å². The smallest absolute Gasteiger partial charge is 0.252 e. The molecule has 0 aromatic carbocycles. The van der Waals surface area contributed by atoms with Crippen molar-refractivity contribution in [2.45, 2.75) is 57.5 Å². The van der Waals surface area contributed by atoms with Gasteiger partial charge in [0.2, 0.25) is 5.91 Å². The summed E-state index contributed by atoms with van der Waals surface area (Å²) in [6, 6.07) is 0. The maximum atomic E-state index is 12.3. The zero-order valence-corrected chi connectivity index (χ0v) is 13.3. The van der Waals surface area contributed by atoms with Gasteiger partial charge < -0.3 is 14.2 Å². The Morgan fingerprint density at radius 3 is 2.95 bits per heavy atom. The first-order chi connectivity index (χ1) is 10.8. The van der Waals surface area contributed by atoms with Crippen molar-refractivity contribution in [1.82, 2.24) is 15.0 Å². The van der Waals surface area contributed by atoms with Crippen LogP contribution in [0.15, 0.2) is 4.52 Å². The van der Waals surface area contributed by atoms with Gasteiger partial charge in [-0.05, 0) is 18.8 Å². The highest BCUT2D eigenvalue weighted by Crippen LogP contribution is 2.30. The van der Waals surface area contributed by atoms with Crippen molar-refractivity contribution >= 4 is 5.91 Å². The molecule has 1 saturated carbocycles. The van der Waals surface area contributed by atoms with E-state index in [2.05, 4.69) is 10.1 Å². The zero-order chi connectivity index (χ0) is 15.4. The van der Waals surface area contributed by atoms with Crippen LogP contribution in [0.25, 0.3) is 0 Å². The summed E-state index contributed by atoms with van der Waals surface area (Å²) in [6.45, 7) is 1.86. The molecule has 2 heterocycles. The number of carbonyl (C=O) groups is 1. The monoisotopic (exact) mass is 307 g/mol. The molecular formula is C16H25N3O3. The molecule has 1 aromatic heterocycles. The molecule has 1 aromatic rings. The number of amides is 1. The minimum atomic E-state index is 0.199. The lowest BCUT2D eigenvalue weighted by atomic mass is 10.0. The molecule has 22 heavy (non-hydrogen) atoms. The summed E-state index contributed by atoms with van der Waals surface area (Å²) in [5, 5.41) is 4.02. The number of ether oxygens (including phenoxy) is 1.